The Morgan fingerprint density at radius 1 is 1.75 bits per heavy atom. The largest absolute Gasteiger partial charge is 0.208 e. The number of hydrogen-bond donors (Lipinski definition) is 0. The molecule has 0 heterocycles. The molecule has 0 bridgehead atoms. The minimum absolute atomic E-state index is 0.195. The Labute approximate surface area is 58.0 Å². The number of rotatable bonds is 1. The molecule has 3 heteroatoms. The minimum atomic E-state index is -0.401. The average molecular weight is 175 g/mol. The predicted molar refractivity (Wildman–Crippen MR) is 37.6 cm³/mol. The van der Waals surface area contributed by atoms with Crippen molar-refractivity contribution in [2.75, 3.05) is 0 Å². The lowest BCUT2D eigenvalue weighted by Crippen LogP contribution is -1.74. The molecule has 0 aromatic carbocycles. The summed E-state index contributed by atoms with van der Waals surface area (Å²) in [7, 11) is 5.05. The summed E-state index contributed by atoms with van der Waals surface area (Å²) in [5.74, 6) is -0.401. The van der Waals surface area contributed by atoms with Crippen LogP contribution in [0.3, 0.4) is 0 Å². The van der Waals surface area contributed by atoms with Gasteiger partial charge in [-0.2, -0.15) is 0 Å². The van der Waals surface area contributed by atoms with Gasteiger partial charge in [-0.25, -0.2) is 4.39 Å². The van der Waals surface area contributed by atoms with E-state index >= 15 is 0 Å². The topological polar surface area (TPSA) is 0 Å². The Morgan fingerprint density at radius 2 is 2.25 bits per heavy atom. The van der Waals surface area contributed by atoms with Crippen molar-refractivity contribution in [2.24, 2.45) is 0 Å². The quantitative estimate of drug-likeness (QED) is 0.423. The van der Waals surface area contributed by atoms with Gasteiger partial charge in [-0.05, 0) is 11.1 Å². The average Bonchev–Trinajstić information content (AvgIpc) is 1.67. The highest BCUT2D eigenvalue weighted by atomic mass is 79.9. The zero-order valence-electron chi connectivity index (χ0n) is 4.49. The lowest BCUT2D eigenvalue weighted by molar-refractivity contribution is 0.662. The first-order chi connectivity index (χ1) is 3.68. The lowest BCUT2D eigenvalue weighted by Gasteiger charge is -1.87. The molecule has 0 atom stereocenters. The van der Waals surface area contributed by atoms with Crippen LogP contribution in [-0.4, -0.2) is 7.85 Å². The van der Waals surface area contributed by atoms with Crippen molar-refractivity contribution in [3.05, 3.63) is 22.4 Å². The summed E-state index contributed by atoms with van der Waals surface area (Å²) < 4.78 is 12.2. The van der Waals surface area contributed by atoms with E-state index in [9.17, 15) is 4.39 Å². The zero-order chi connectivity index (χ0) is 6.57. The van der Waals surface area contributed by atoms with Crippen LogP contribution in [0, 0.1) is 0 Å². The highest BCUT2D eigenvalue weighted by Gasteiger charge is 1.86. The Morgan fingerprint density at radius 3 is 2.38 bits per heavy atom. The van der Waals surface area contributed by atoms with Crippen LogP contribution in [-0.2, 0) is 0 Å². The van der Waals surface area contributed by atoms with Crippen LogP contribution in [0.1, 0.15) is 6.92 Å². The molecule has 42 valence electrons. The lowest BCUT2D eigenvalue weighted by atomic mass is 9.97. The summed E-state index contributed by atoms with van der Waals surface area (Å²) in [6, 6.07) is 0. The number of allylic oxidation sites excluding steroid dienone is 3. The molecular formula is C5H5BBrF. The maximum absolute atomic E-state index is 12.2. The van der Waals surface area contributed by atoms with Gasteiger partial charge in [0.2, 0.25) is 0 Å². The summed E-state index contributed by atoms with van der Waals surface area (Å²) in [6.45, 7) is 1.50. The molecule has 0 N–H and O–H groups in total. The summed E-state index contributed by atoms with van der Waals surface area (Å²) in [5, 5.41) is 0. The molecule has 0 spiro atoms. The molecule has 0 fully saturated rings. The third-order valence-electron chi connectivity index (χ3n) is 0.586. The van der Waals surface area contributed by atoms with Gasteiger partial charge >= 0.3 is 0 Å². The number of hydrogen-bond acceptors (Lipinski definition) is 0. The Bertz CT molecular complexity index is 124. The molecule has 0 aliphatic heterocycles. The van der Waals surface area contributed by atoms with E-state index in [1.807, 2.05) is 0 Å². The summed E-state index contributed by atoms with van der Waals surface area (Å²) >= 11 is 2.91. The molecule has 0 rings (SSSR count). The van der Waals surface area contributed by atoms with E-state index in [-0.39, 0.29) is 5.47 Å². The van der Waals surface area contributed by atoms with Crippen LogP contribution in [0.5, 0.6) is 0 Å². The van der Waals surface area contributed by atoms with Crippen LogP contribution in [0.2, 0.25) is 0 Å². The molecule has 0 saturated carbocycles. The van der Waals surface area contributed by atoms with Crippen molar-refractivity contribution in [1.29, 1.82) is 0 Å². The van der Waals surface area contributed by atoms with E-state index in [0.717, 1.165) is 0 Å². The van der Waals surface area contributed by atoms with Crippen molar-refractivity contribution in [2.45, 2.75) is 6.92 Å². The first-order valence-corrected chi connectivity index (χ1v) is 2.98. The molecule has 0 aliphatic rings. The number of halogens is 2. The molecular weight excluding hydrogens is 170 g/mol. The standard InChI is InChI=1S/C5H5BBrF/c1-4(6)5(8)2-3-7/h2-3H,1H3/b3-2+,5-4-. The van der Waals surface area contributed by atoms with E-state index in [1.54, 1.807) is 0 Å². The van der Waals surface area contributed by atoms with E-state index in [4.69, 9.17) is 7.85 Å². The maximum atomic E-state index is 12.2. The molecule has 0 aliphatic carbocycles. The summed E-state index contributed by atoms with van der Waals surface area (Å²) in [6.07, 6.45) is 1.25. The van der Waals surface area contributed by atoms with E-state index in [0.29, 0.717) is 0 Å². The maximum Gasteiger partial charge on any atom is 0.112 e. The second-order valence-corrected chi connectivity index (χ2v) is 1.85. The van der Waals surface area contributed by atoms with Crippen molar-refractivity contribution < 1.29 is 4.39 Å². The molecule has 0 saturated heterocycles. The van der Waals surface area contributed by atoms with Crippen molar-refractivity contribution >= 4 is 23.8 Å². The molecule has 0 amide bonds. The van der Waals surface area contributed by atoms with Gasteiger partial charge in [0.05, 0.1) is 0 Å². The van der Waals surface area contributed by atoms with Gasteiger partial charge in [0, 0.05) is 0 Å². The van der Waals surface area contributed by atoms with Crippen LogP contribution in [0.15, 0.2) is 22.4 Å². The predicted octanol–water partition coefficient (Wildman–Crippen LogP) is 2.26. The first kappa shape index (κ1) is 7.95. The van der Waals surface area contributed by atoms with Crippen LogP contribution >= 0.6 is 15.9 Å². The van der Waals surface area contributed by atoms with Crippen molar-refractivity contribution in [3.63, 3.8) is 0 Å². The van der Waals surface area contributed by atoms with Crippen LogP contribution < -0.4 is 0 Å². The highest BCUT2D eigenvalue weighted by Crippen LogP contribution is 2.04. The fourth-order valence-corrected chi connectivity index (χ4v) is 0.419. The fraction of sp³-hybridized carbons (Fsp3) is 0.200. The van der Waals surface area contributed by atoms with Crippen LogP contribution in [0.25, 0.3) is 0 Å². The summed E-state index contributed by atoms with van der Waals surface area (Å²) in [4.78, 5) is 1.42. The first-order valence-electron chi connectivity index (χ1n) is 2.07. The molecule has 0 aromatic rings. The molecule has 8 heavy (non-hydrogen) atoms. The Kier molecular flexibility index (Phi) is 3.88. The van der Waals surface area contributed by atoms with Crippen molar-refractivity contribution in [1.82, 2.24) is 0 Å². The van der Waals surface area contributed by atoms with E-state index in [1.165, 1.54) is 18.0 Å². The normalized spacial score (nSPS) is 14.4. The van der Waals surface area contributed by atoms with Crippen LogP contribution in [0.4, 0.5) is 4.39 Å². The van der Waals surface area contributed by atoms with E-state index in [2.05, 4.69) is 15.9 Å². The smallest absolute Gasteiger partial charge is 0.112 e. The second-order valence-electron chi connectivity index (χ2n) is 1.32. The minimum Gasteiger partial charge on any atom is -0.208 e. The van der Waals surface area contributed by atoms with Gasteiger partial charge in [0.25, 0.3) is 0 Å². The second kappa shape index (κ2) is 3.90. The van der Waals surface area contributed by atoms with Gasteiger partial charge in [-0.3, -0.25) is 0 Å². The summed E-state index contributed by atoms with van der Waals surface area (Å²) in [5.41, 5.74) is 0.195. The molecule has 0 nitrogen and oxygen atoms in total. The zero-order valence-corrected chi connectivity index (χ0v) is 6.07. The third kappa shape index (κ3) is 3.02. The van der Waals surface area contributed by atoms with Gasteiger partial charge in [0.15, 0.2) is 0 Å². The van der Waals surface area contributed by atoms with Gasteiger partial charge in [-0.15, -0.1) is 0 Å². The Balaban J connectivity index is 4.00. The van der Waals surface area contributed by atoms with Gasteiger partial charge < -0.3 is 0 Å². The third-order valence-corrected chi connectivity index (χ3v) is 0.850. The fourth-order valence-electron chi connectivity index (χ4n) is 0.187. The molecule has 0 unspecified atom stereocenters. The molecule has 2 radical (unpaired) electrons. The van der Waals surface area contributed by atoms with Gasteiger partial charge in [-0.1, -0.05) is 28.3 Å². The highest BCUT2D eigenvalue weighted by molar-refractivity contribution is 9.11. The van der Waals surface area contributed by atoms with E-state index < -0.39 is 5.83 Å². The SMILES string of the molecule is [B]/C(C)=C(F)/C=C/Br. The molecule has 0 aromatic heterocycles. The monoisotopic (exact) mass is 174 g/mol. The Hall–Kier alpha value is -0.0451. The van der Waals surface area contributed by atoms with Gasteiger partial charge in [0.1, 0.15) is 13.7 Å². The van der Waals surface area contributed by atoms with Crippen molar-refractivity contribution in [3.8, 4) is 0 Å².